The lowest BCUT2D eigenvalue weighted by atomic mass is 9.81. The van der Waals surface area contributed by atoms with Gasteiger partial charge in [-0.25, -0.2) is 23.2 Å². The number of likely N-dealkylation sites (tertiary alicyclic amines) is 1. The molecular formula is C23H37BN4O7S. The first kappa shape index (κ1) is 28.3. The minimum atomic E-state index is -3.88. The van der Waals surface area contributed by atoms with E-state index in [2.05, 4.69) is 15.3 Å². The van der Waals surface area contributed by atoms with Gasteiger partial charge in [-0.3, -0.25) is 4.79 Å². The molecule has 2 aliphatic heterocycles. The molecule has 0 aromatic carbocycles. The number of aromatic nitrogens is 2. The molecule has 1 N–H and O–H groups in total. The first-order valence-electron chi connectivity index (χ1n) is 12.1. The van der Waals surface area contributed by atoms with Crippen LogP contribution in [-0.4, -0.2) is 83.6 Å². The van der Waals surface area contributed by atoms with Crippen LogP contribution in [0.2, 0.25) is 0 Å². The lowest BCUT2D eigenvalue weighted by Gasteiger charge is -2.32. The minimum Gasteiger partial charge on any atom is -0.444 e. The molecule has 13 heteroatoms. The van der Waals surface area contributed by atoms with Gasteiger partial charge in [0, 0.05) is 30.4 Å². The summed E-state index contributed by atoms with van der Waals surface area (Å²) in [7, 11) is -4.58. The fourth-order valence-corrected chi connectivity index (χ4v) is 5.44. The summed E-state index contributed by atoms with van der Waals surface area (Å²) in [5.41, 5.74) is -1.27. The third kappa shape index (κ3) is 6.35. The van der Waals surface area contributed by atoms with E-state index in [0.717, 1.165) is 0 Å². The molecule has 2 amide bonds. The van der Waals surface area contributed by atoms with Crippen molar-refractivity contribution in [3.8, 4) is 0 Å². The highest BCUT2D eigenvalue weighted by Crippen LogP contribution is 2.36. The normalized spacial score (nSPS) is 22.4. The Labute approximate surface area is 213 Å². The maximum atomic E-state index is 13.1. The SMILES string of the molecule is C[C@@H](NC(=O)OC(C)(C)C)C(=O)N1CCC[C@H]1CS(=O)(=O)c1ncc(B2OC(C)(C)C(C)(C)O2)cn1. The van der Waals surface area contributed by atoms with Gasteiger partial charge in [0.1, 0.15) is 11.6 Å². The van der Waals surface area contributed by atoms with Gasteiger partial charge in [-0.2, -0.15) is 0 Å². The van der Waals surface area contributed by atoms with Crippen LogP contribution in [0.5, 0.6) is 0 Å². The van der Waals surface area contributed by atoms with E-state index in [4.69, 9.17) is 14.0 Å². The average molecular weight is 524 g/mol. The number of amides is 2. The Morgan fingerprint density at radius 3 is 2.28 bits per heavy atom. The molecule has 200 valence electrons. The van der Waals surface area contributed by atoms with Crippen LogP contribution in [0.25, 0.3) is 0 Å². The fourth-order valence-electron chi connectivity index (χ4n) is 4.01. The smallest absolute Gasteiger partial charge is 0.444 e. The van der Waals surface area contributed by atoms with E-state index < -0.39 is 51.9 Å². The van der Waals surface area contributed by atoms with Crippen molar-refractivity contribution in [2.45, 2.75) is 102 Å². The molecule has 3 heterocycles. The lowest BCUT2D eigenvalue weighted by molar-refractivity contribution is -0.133. The van der Waals surface area contributed by atoms with Crippen molar-refractivity contribution in [2.75, 3.05) is 12.3 Å². The van der Waals surface area contributed by atoms with E-state index in [1.165, 1.54) is 17.3 Å². The first-order valence-corrected chi connectivity index (χ1v) is 13.8. The van der Waals surface area contributed by atoms with Crippen LogP contribution in [0.1, 0.15) is 68.2 Å². The standard InChI is InChI=1S/C23H37BN4O7S/c1-15(27-20(30)33-21(2,3)4)18(29)28-11-9-10-17(28)14-36(31,32)19-25-12-16(13-26-19)24-34-22(5,6)23(7,8)35-24/h12-13,15,17H,9-11,14H2,1-8H3,(H,27,30)/t15-,17+/m1/s1. The number of hydrogen-bond donors (Lipinski definition) is 1. The van der Waals surface area contributed by atoms with Gasteiger partial charge in [-0.05, 0) is 68.2 Å². The van der Waals surface area contributed by atoms with Crippen LogP contribution in [0, 0.1) is 0 Å². The van der Waals surface area contributed by atoms with E-state index in [1.807, 2.05) is 27.7 Å². The van der Waals surface area contributed by atoms with Gasteiger partial charge in [-0.15, -0.1) is 0 Å². The van der Waals surface area contributed by atoms with E-state index in [0.29, 0.717) is 24.8 Å². The molecule has 2 atom stereocenters. The first-order chi connectivity index (χ1) is 16.4. The van der Waals surface area contributed by atoms with Crippen LogP contribution >= 0.6 is 0 Å². The molecule has 11 nitrogen and oxygen atoms in total. The van der Waals surface area contributed by atoms with Crippen molar-refractivity contribution in [3.63, 3.8) is 0 Å². The molecule has 1 aromatic rings. The molecule has 0 saturated carbocycles. The summed E-state index contributed by atoms with van der Waals surface area (Å²) >= 11 is 0. The third-order valence-corrected chi connectivity index (χ3v) is 8.22. The number of ether oxygens (including phenoxy) is 1. The summed E-state index contributed by atoms with van der Waals surface area (Å²) in [5.74, 6) is -0.677. The van der Waals surface area contributed by atoms with Crippen LogP contribution in [0.15, 0.2) is 17.6 Å². The number of alkyl carbamates (subject to hydrolysis) is 1. The molecule has 0 unspecified atom stereocenters. The van der Waals surface area contributed by atoms with Gasteiger partial charge in [0.25, 0.3) is 0 Å². The molecule has 36 heavy (non-hydrogen) atoms. The van der Waals surface area contributed by atoms with E-state index in [-0.39, 0.29) is 16.8 Å². The number of sulfone groups is 1. The molecular weight excluding hydrogens is 487 g/mol. The fraction of sp³-hybridized carbons (Fsp3) is 0.739. The van der Waals surface area contributed by atoms with E-state index in [9.17, 15) is 18.0 Å². The minimum absolute atomic E-state index is 0.312. The Balaban J connectivity index is 1.65. The third-order valence-electron chi connectivity index (χ3n) is 6.63. The number of hydrogen-bond acceptors (Lipinski definition) is 9. The summed E-state index contributed by atoms with van der Waals surface area (Å²) < 4.78 is 43.3. The quantitative estimate of drug-likeness (QED) is 0.433. The van der Waals surface area contributed by atoms with Gasteiger partial charge in [0.05, 0.1) is 17.0 Å². The van der Waals surface area contributed by atoms with Gasteiger partial charge in [-0.1, -0.05) is 0 Å². The Hall–Kier alpha value is -2.25. The topological polar surface area (TPSA) is 137 Å². The summed E-state index contributed by atoms with van der Waals surface area (Å²) in [6.45, 7) is 14.8. The van der Waals surface area contributed by atoms with Crippen LogP contribution < -0.4 is 10.8 Å². The monoisotopic (exact) mass is 524 g/mol. The van der Waals surface area contributed by atoms with Crippen molar-refractivity contribution in [1.29, 1.82) is 0 Å². The van der Waals surface area contributed by atoms with E-state index >= 15 is 0 Å². The zero-order chi connectivity index (χ0) is 27.1. The Kier molecular flexibility index (Phi) is 7.79. The molecule has 0 bridgehead atoms. The highest BCUT2D eigenvalue weighted by atomic mass is 32.2. The van der Waals surface area contributed by atoms with Crippen molar-refractivity contribution in [2.24, 2.45) is 0 Å². The maximum absolute atomic E-state index is 13.1. The molecule has 0 radical (unpaired) electrons. The number of carbonyl (C=O) groups is 2. The summed E-state index contributed by atoms with van der Waals surface area (Å²) in [4.78, 5) is 34.7. The van der Waals surface area contributed by atoms with Crippen LogP contribution in [0.3, 0.4) is 0 Å². The molecule has 2 saturated heterocycles. The summed E-state index contributed by atoms with van der Waals surface area (Å²) in [6.07, 6.45) is 3.27. The highest BCUT2D eigenvalue weighted by molar-refractivity contribution is 7.91. The van der Waals surface area contributed by atoms with Gasteiger partial charge in [0.2, 0.25) is 20.9 Å². The molecule has 2 aliphatic rings. The Morgan fingerprint density at radius 1 is 1.19 bits per heavy atom. The Bertz CT molecular complexity index is 1070. The van der Waals surface area contributed by atoms with Crippen LogP contribution in [0.4, 0.5) is 4.79 Å². The highest BCUT2D eigenvalue weighted by Gasteiger charge is 2.52. The predicted molar refractivity (Wildman–Crippen MR) is 133 cm³/mol. The van der Waals surface area contributed by atoms with Crippen molar-refractivity contribution in [3.05, 3.63) is 12.4 Å². The second-order valence-electron chi connectivity index (χ2n) is 11.4. The predicted octanol–water partition coefficient (Wildman–Crippen LogP) is 1.45. The molecule has 2 fully saturated rings. The second-order valence-corrected chi connectivity index (χ2v) is 13.3. The summed E-state index contributed by atoms with van der Waals surface area (Å²) in [5, 5.41) is 2.20. The largest absolute Gasteiger partial charge is 0.498 e. The lowest BCUT2D eigenvalue weighted by Crippen LogP contribution is -2.50. The Morgan fingerprint density at radius 2 is 1.75 bits per heavy atom. The number of nitrogens with one attached hydrogen (secondary N) is 1. The number of nitrogens with zero attached hydrogens (tertiary/aromatic N) is 3. The van der Waals surface area contributed by atoms with Gasteiger partial charge in [0.15, 0.2) is 0 Å². The number of rotatable bonds is 6. The van der Waals surface area contributed by atoms with Crippen molar-refractivity contribution in [1.82, 2.24) is 20.2 Å². The maximum Gasteiger partial charge on any atom is 0.498 e. The zero-order valence-electron chi connectivity index (χ0n) is 22.3. The molecule has 3 rings (SSSR count). The zero-order valence-corrected chi connectivity index (χ0v) is 23.1. The second kappa shape index (κ2) is 9.90. The molecule has 0 spiro atoms. The van der Waals surface area contributed by atoms with Crippen molar-refractivity contribution < 1.29 is 32.1 Å². The molecule has 1 aromatic heterocycles. The number of carbonyl (C=O) groups excluding carboxylic acids is 2. The molecule has 0 aliphatic carbocycles. The van der Waals surface area contributed by atoms with Gasteiger partial charge >= 0.3 is 13.2 Å². The van der Waals surface area contributed by atoms with E-state index in [1.54, 1.807) is 27.7 Å². The summed E-state index contributed by atoms with van der Waals surface area (Å²) in [6, 6.07) is -1.41. The van der Waals surface area contributed by atoms with Crippen molar-refractivity contribution >= 4 is 34.4 Å². The van der Waals surface area contributed by atoms with Crippen LogP contribution in [-0.2, 0) is 28.7 Å². The average Bonchev–Trinajstić information content (AvgIpc) is 3.26. The van der Waals surface area contributed by atoms with Gasteiger partial charge < -0.3 is 24.3 Å².